The summed E-state index contributed by atoms with van der Waals surface area (Å²) >= 11 is 0. The van der Waals surface area contributed by atoms with Crippen molar-refractivity contribution < 1.29 is 13.9 Å². The Hall–Kier alpha value is -3.28. The van der Waals surface area contributed by atoms with Crippen LogP contribution in [0.4, 0.5) is 4.39 Å². The van der Waals surface area contributed by atoms with E-state index >= 15 is 0 Å². The molecule has 3 rings (SSSR count). The molecule has 0 radical (unpaired) electrons. The Balaban J connectivity index is 1.95. The lowest BCUT2D eigenvalue weighted by Crippen LogP contribution is -2.15. The Labute approximate surface area is 156 Å². The van der Waals surface area contributed by atoms with Gasteiger partial charge in [-0.25, -0.2) is 14.1 Å². The molecule has 0 saturated carbocycles. The van der Waals surface area contributed by atoms with Crippen molar-refractivity contribution in [2.75, 3.05) is 6.61 Å². The second kappa shape index (κ2) is 8.89. The van der Waals surface area contributed by atoms with Crippen LogP contribution in [0.5, 0.6) is 5.88 Å². The molecule has 138 valence electrons. The number of para-hydroxylation sites is 1. The molecule has 3 aromatic rings. The summed E-state index contributed by atoms with van der Waals surface area (Å²) in [7, 11) is 0. The van der Waals surface area contributed by atoms with Gasteiger partial charge in [-0.05, 0) is 42.8 Å². The van der Waals surface area contributed by atoms with Crippen molar-refractivity contribution in [3.63, 3.8) is 0 Å². The molecular formula is C21H20FN3O2. The van der Waals surface area contributed by atoms with Crippen LogP contribution in [0.1, 0.15) is 30.1 Å². The van der Waals surface area contributed by atoms with Gasteiger partial charge >= 0.3 is 0 Å². The van der Waals surface area contributed by atoms with Crippen LogP contribution in [0.3, 0.4) is 0 Å². The number of carbonyl (C=O) groups excluding carboxylic acids is 1. The zero-order chi connectivity index (χ0) is 19.1. The minimum absolute atomic E-state index is 0.310. The number of hydrogen-bond acceptors (Lipinski definition) is 3. The minimum Gasteiger partial charge on any atom is -0.478 e. The predicted molar refractivity (Wildman–Crippen MR) is 100 cm³/mol. The van der Waals surface area contributed by atoms with Gasteiger partial charge in [0.15, 0.2) is 0 Å². The van der Waals surface area contributed by atoms with Gasteiger partial charge in [-0.15, -0.1) is 0 Å². The summed E-state index contributed by atoms with van der Waals surface area (Å²) in [5.41, 5.74) is 1.16. The van der Waals surface area contributed by atoms with E-state index in [1.54, 1.807) is 10.7 Å². The third-order valence-corrected chi connectivity index (χ3v) is 3.86. The van der Waals surface area contributed by atoms with E-state index < -0.39 is 11.7 Å². The average molecular weight is 365 g/mol. The topological polar surface area (TPSA) is 56.5 Å². The Bertz CT molecular complexity index is 967. The first-order chi connectivity index (χ1) is 13.2. The summed E-state index contributed by atoms with van der Waals surface area (Å²) in [5, 5.41) is 4.75. The molecule has 27 heavy (non-hydrogen) atoms. The first-order valence-corrected chi connectivity index (χ1v) is 8.79. The van der Waals surface area contributed by atoms with E-state index in [0.717, 1.165) is 18.5 Å². The first kappa shape index (κ1) is 18.5. The zero-order valence-corrected chi connectivity index (χ0v) is 15.0. The van der Waals surface area contributed by atoms with Crippen LogP contribution >= 0.6 is 0 Å². The summed E-state index contributed by atoms with van der Waals surface area (Å²) in [6.07, 6.45) is 3.41. The number of nitrogens with zero attached hydrogens (tertiary/aromatic N) is 3. The van der Waals surface area contributed by atoms with Crippen LogP contribution in [-0.2, 0) is 0 Å². The molecule has 0 atom stereocenters. The first-order valence-electron chi connectivity index (χ1n) is 8.79. The van der Waals surface area contributed by atoms with E-state index in [9.17, 15) is 9.18 Å². The van der Waals surface area contributed by atoms with E-state index in [0.29, 0.717) is 23.4 Å². The molecule has 0 aliphatic heterocycles. The van der Waals surface area contributed by atoms with Crippen molar-refractivity contribution >= 4 is 5.91 Å². The summed E-state index contributed by atoms with van der Waals surface area (Å²) in [6, 6.07) is 16.5. The number of hydrogen-bond donors (Lipinski definition) is 0. The standard InChI is InChI=1S/C21H20FN3O2/c1-2-3-13-27-20-14-18(15-23-25(20)19-7-5-4-6-8-19)24-21(26)16-9-11-17(22)12-10-16/h4-12,14-15H,2-3,13H2,1H3. The highest BCUT2D eigenvalue weighted by molar-refractivity contribution is 5.94. The van der Waals surface area contributed by atoms with Gasteiger partial charge < -0.3 is 4.74 Å². The van der Waals surface area contributed by atoms with E-state index in [1.807, 2.05) is 30.3 Å². The number of unbranched alkanes of at least 4 members (excludes halogenated alkanes) is 1. The van der Waals surface area contributed by atoms with Crippen molar-refractivity contribution in [1.29, 1.82) is 0 Å². The predicted octanol–water partition coefficient (Wildman–Crippen LogP) is 3.93. The summed E-state index contributed by atoms with van der Waals surface area (Å²) in [5.74, 6) is -0.361. The van der Waals surface area contributed by atoms with Crippen LogP contribution in [0.2, 0.25) is 0 Å². The molecule has 0 aliphatic rings. The Morgan fingerprint density at radius 2 is 1.89 bits per heavy atom. The molecular weight excluding hydrogens is 345 g/mol. The molecule has 0 N–H and O–H groups in total. The maximum atomic E-state index is 13.0. The molecule has 0 aliphatic carbocycles. The monoisotopic (exact) mass is 365 g/mol. The molecule has 0 unspecified atom stereocenters. The van der Waals surface area contributed by atoms with Crippen molar-refractivity contribution in [2.45, 2.75) is 19.8 Å². The van der Waals surface area contributed by atoms with E-state index in [2.05, 4.69) is 17.0 Å². The molecule has 1 aromatic heterocycles. The highest BCUT2D eigenvalue weighted by Crippen LogP contribution is 2.14. The second-order valence-electron chi connectivity index (χ2n) is 5.93. The van der Waals surface area contributed by atoms with Crippen molar-refractivity contribution in [3.05, 3.63) is 83.6 Å². The third-order valence-electron chi connectivity index (χ3n) is 3.86. The van der Waals surface area contributed by atoms with Crippen molar-refractivity contribution in [2.24, 2.45) is 4.99 Å². The minimum atomic E-state index is -0.464. The molecule has 0 fully saturated rings. The number of halogens is 1. The zero-order valence-electron chi connectivity index (χ0n) is 15.0. The van der Waals surface area contributed by atoms with Gasteiger partial charge in [0, 0.05) is 11.6 Å². The van der Waals surface area contributed by atoms with Gasteiger partial charge in [-0.2, -0.15) is 5.10 Å². The highest BCUT2D eigenvalue weighted by Gasteiger charge is 2.08. The normalized spacial score (nSPS) is 11.4. The lowest BCUT2D eigenvalue weighted by atomic mass is 10.2. The van der Waals surface area contributed by atoms with Crippen molar-refractivity contribution in [3.8, 4) is 11.6 Å². The Morgan fingerprint density at radius 3 is 2.59 bits per heavy atom. The van der Waals surface area contributed by atoms with Gasteiger partial charge in [-0.3, -0.25) is 4.79 Å². The maximum Gasteiger partial charge on any atom is 0.277 e. The largest absolute Gasteiger partial charge is 0.478 e. The SMILES string of the molecule is CCCCOc1cc(=NC(=O)c2ccc(F)cc2)cnn1-c1ccccc1. The Morgan fingerprint density at radius 1 is 1.15 bits per heavy atom. The van der Waals surface area contributed by atoms with Crippen LogP contribution in [0.25, 0.3) is 5.69 Å². The number of amides is 1. The van der Waals surface area contributed by atoms with Gasteiger partial charge in [0.05, 0.1) is 23.8 Å². The van der Waals surface area contributed by atoms with Crippen LogP contribution < -0.4 is 10.1 Å². The van der Waals surface area contributed by atoms with E-state index in [4.69, 9.17) is 4.74 Å². The van der Waals surface area contributed by atoms with Gasteiger partial charge in [-0.1, -0.05) is 31.5 Å². The number of benzene rings is 2. The van der Waals surface area contributed by atoms with Crippen LogP contribution in [0, 0.1) is 5.82 Å². The molecule has 6 heteroatoms. The summed E-state index contributed by atoms with van der Waals surface area (Å²) in [4.78, 5) is 16.4. The van der Waals surface area contributed by atoms with Crippen molar-refractivity contribution in [1.82, 2.24) is 9.78 Å². The van der Waals surface area contributed by atoms with Crippen LogP contribution in [0.15, 0.2) is 71.9 Å². The molecule has 1 heterocycles. The fourth-order valence-electron chi connectivity index (χ4n) is 2.42. The van der Waals surface area contributed by atoms with Gasteiger partial charge in [0.25, 0.3) is 5.91 Å². The summed E-state index contributed by atoms with van der Waals surface area (Å²) in [6.45, 7) is 2.63. The Kier molecular flexibility index (Phi) is 6.10. The highest BCUT2D eigenvalue weighted by atomic mass is 19.1. The molecule has 1 amide bonds. The molecule has 5 nitrogen and oxygen atoms in total. The number of carbonyl (C=O) groups is 1. The third kappa shape index (κ3) is 4.88. The smallest absolute Gasteiger partial charge is 0.277 e. The lowest BCUT2D eigenvalue weighted by Gasteiger charge is -2.13. The average Bonchev–Trinajstić information content (AvgIpc) is 2.69. The van der Waals surface area contributed by atoms with Gasteiger partial charge in [0.1, 0.15) is 5.82 Å². The number of rotatable bonds is 6. The van der Waals surface area contributed by atoms with Gasteiger partial charge in [0.2, 0.25) is 5.88 Å². The summed E-state index contributed by atoms with van der Waals surface area (Å²) < 4.78 is 20.5. The molecule has 2 aromatic carbocycles. The van der Waals surface area contributed by atoms with E-state index in [-0.39, 0.29) is 0 Å². The fraction of sp³-hybridized carbons (Fsp3) is 0.190. The molecule has 0 saturated heterocycles. The fourth-order valence-corrected chi connectivity index (χ4v) is 2.42. The lowest BCUT2D eigenvalue weighted by molar-refractivity contribution is 0.0998. The van der Waals surface area contributed by atoms with Crippen LogP contribution in [-0.4, -0.2) is 22.3 Å². The number of aromatic nitrogens is 2. The quantitative estimate of drug-likeness (QED) is 0.622. The number of ether oxygens (including phenoxy) is 1. The second-order valence-corrected chi connectivity index (χ2v) is 5.93. The maximum absolute atomic E-state index is 13.0. The van der Waals surface area contributed by atoms with E-state index in [1.165, 1.54) is 30.5 Å². The molecule has 0 spiro atoms. The molecule has 0 bridgehead atoms.